The molecule has 0 bridgehead atoms. The molecule has 27 heavy (non-hydrogen) atoms. The van der Waals surface area contributed by atoms with Gasteiger partial charge < -0.3 is 10.2 Å². The van der Waals surface area contributed by atoms with Gasteiger partial charge in [-0.3, -0.25) is 4.79 Å². The minimum atomic E-state index is -4.71. The molecule has 1 fully saturated rings. The zero-order chi connectivity index (χ0) is 19.6. The van der Waals surface area contributed by atoms with Crippen LogP contribution in [0.4, 0.5) is 13.2 Å². The highest BCUT2D eigenvalue weighted by Gasteiger charge is 2.30. The van der Waals surface area contributed by atoms with Crippen molar-refractivity contribution in [3.05, 3.63) is 65.5 Å². The number of nitrogens with zero attached hydrogens (tertiary/aromatic N) is 1. The molecule has 1 N–H and O–H groups in total. The van der Waals surface area contributed by atoms with E-state index in [0.717, 1.165) is 12.1 Å². The topological polar surface area (TPSA) is 66.5 Å². The van der Waals surface area contributed by atoms with E-state index in [4.69, 9.17) is 0 Å². The largest absolute Gasteiger partial charge is 0.341 e. The third-order valence-electron chi connectivity index (χ3n) is 4.40. The molecular formula is C18H17F3N2O3S. The fourth-order valence-corrected chi connectivity index (χ4v) is 3.74. The predicted molar refractivity (Wildman–Crippen MR) is 92.7 cm³/mol. The number of halogens is 3. The molecule has 1 atom stereocenters. The molecule has 1 aliphatic heterocycles. The average molecular weight is 398 g/mol. The number of alkyl halides is 2. The lowest BCUT2D eigenvalue weighted by atomic mass is 10.0. The van der Waals surface area contributed by atoms with E-state index in [1.54, 1.807) is 17.0 Å². The van der Waals surface area contributed by atoms with Crippen molar-refractivity contribution in [2.75, 3.05) is 19.6 Å². The summed E-state index contributed by atoms with van der Waals surface area (Å²) in [5.41, 5.74) is 0.805. The second-order valence-electron chi connectivity index (χ2n) is 6.10. The Morgan fingerprint density at radius 3 is 2.48 bits per heavy atom. The summed E-state index contributed by atoms with van der Waals surface area (Å²) >= 11 is 0. The summed E-state index contributed by atoms with van der Waals surface area (Å²) in [7, 11) is -4.71. The van der Waals surface area contributed by atoms with Crippen LogP contribution in [0, 0.1) is 5.82 Å². The standard InChI is InChI=1S/C18H17F3N2O3S/c19-14-3-1-2-13(10-14)16-11-22-8-9-23(16)17(24)12-4-6-15(7-5-12)27(25,26)18(20)21/h1-7,10,16,18,22H,8-9,11H2. The first-order valence-electron chi connectivity index (χ1n) is 8.20. The van der Waals surface area contributed by atoms with Crippen LogP contribution in [-0.4, -0.2) is 44.6 Å². The molecule has 5 nitrogen and oxygen atoms in total. The number of piperazine rings is 1. The normalized spacial score (nSPS) is 17.9. The SMILES string of the molecule is O=C(c1ccc(S(=O)(=O)C(F)F)cc1)N1CCNCC1c1cccc(F)c1. The van der Waals surface area contributed by atoms with Crippen molar-refractivity contribution < 1.29 is 26.4 Å². The number of amides is 1. The lowest BCUT2D eigenvalue weighted by molar-refractivity contribution is 0.0634. The smallest absolute Gasteiger partial charge is 0.329 e. The summed E-state index contributed by atoms with van der Waals surface area (Å²) in [4.78, 5) is 13.9. The van der Waals surface area contributed by atoms with Crippen LogP contribution in [0.15, 0.2) is 53.4 Å². The molecule has 2 aromatic rings. The molecule has 2 aromatic carbocycles. The zero-order valence-corrected chi connectivity index (χ0v) is 14.9. The summed E-state index contributed by atoms with van der Waals surface area (Å²) in [6, 6.07) is 9.97. The molecule has 0 aliphatic carbocycles. The molecule has 0 spiro atoms. The molecular weight excluding hydrogens is 381 g/mol. The van der Waals surface area contributed by atoms with E-state index in [9.17, 15) is 26.4 Å². The molecule has 1 unspecified atom stereocenters. The number of carbonyl (C=O) groups excluding carboxylic acids is 1. The number of benzene rings is 2. The monoisotopic (exact) mass is 398 g/mol. The fourth-order valence-electron chi connectivity index (χ4n) is 3.01. The van der Waals surface area contributed by atoms with E-state index < -0.39 is 32.3 Å². The van der Waals surface area contributed by atoms with Crippen LogP contribution in [0.25, 0.3) is 0 Å². The van der Waals surface area contributed by atoms with Crippen molar-refractivity contribution in [3.8, 4) is 0 Å². The molecule has 144 valence electrons. The maximum absolute atomic E-state index is 13.6. The van der Waals surface area contributed by atoms with Gasteiger partial charge in [0.25, 0.3) is 5.91 Å². The number of carbonyl (C=O) groups is 1. The lowest BCUT2D eigenvalue weighted by Crippen LogP contribution is -2.48. The Bertz CT molecular complexity index is 933. The van der Waals surface area contributed by atoms with Crippen LogP contribution in [0.3, 0.4) is 0 Å². The van der Waals surface area contributed by atoms with Crippen molar-refractivity contribution in [2.24, 2.45) is 0 Å². The molecule has 0 aromatic heterocycles. The maximum Gasteiger partial charge on any atom is 0.341 e. The van der Waals surface area contributed by atoms with Crippen molar-refractivity contribution in [3.63, 3.8) is 0 Å². The zero-order valence-electron chi connectivity index (χ0n) is 14.1. The first kappa shape index (κ1) is 19.4. The Morgan fingerprint density at radius 1 is 1.15 bits per heavy atom. The minimum Gasteiger partial charge on any atom is -0.329 e. The van der Waals surface area contributed by atoms with Crippen LogP contribution < -0.4 is 5.32 Å². The van der Waals surface area contributed by atoms with Crippen LogP contribution in [0.1, 0.15) is 22.0 Å². The quantitative estimate of drug-likeness (QED) is 0.860. The summed E-state index contributed by atoms with van der Waals surface area (Å²) < 4.78 is 61.8. The lowest BCUT2D eigenvalue weighted by Gasteiger charge is -2.36. The Morgan fingerprint density at radius 2 is 1.85 bits per heavy atom. The molecule has 9 heteroatoms. The molecule has 0 saturated carbocycles. The third-order valence-corrected chi connectivity index (χ3v) is 5.80. The second kappa shape index (κ2) is 7.69. The maximum atomic E-state index is 13.6. The number of rotatable bonds is 4. The van der Waals surface area contributed by atoms with Gasteiger partial charge in [0, 0.05) is 25.2 Å². The summed E-state index contributed by atoms with van der Waals surface area (Å²) in [6.45, 7) is 1.36. The number of hydrogen-bond acceptors (Lipinski definition) is 4. The van der Waals surface area contributed by atoms with Crippen LogP contribution in [0.5, 0.6) is 0 Å². The van der Waals surface area contributed by atoms with Gasteiger partial charge in [-0.15, -0.1) is 0 Å². The van der Waals surface area contributed by atoms with Crippen molar-refractivity contribution in [2.45, 2.75) is 16.7 Å². The summed E-state index contributed by atoms with van der Waals surface area (Å²) in [6.07, 6.45) is 0. The Balaban J connectivity index is 1.87. The van der Waals surface area contributed by atoms with E-state index in [-0.39, 0.29) is 11.5 Å². The molecule has 3 rings (SSSR count). The first-order valence-corrected chi connectivity index (χ1v) is 9.74. The van der Waals surface area contributed by atoms with Gasteiger partial charge in [-0.05, 0) is 42.0 Å². The van der Waals surface area contributed by atoms with Crippen LogP contribution in [0.2, 0.25) is 0 Å². The van der Waals surface area contributed by atoms with E-state index in [1.165, 1.54) is 24.3 Å². The van der Waals surface area contributed by atoms with Gasteiger partial charge in [-0.2, -0.15) is 8.78 Å². The highest BCUT2D eigenvalue weighted by atomic mass is 32.2. The van der Waals surface area contributed by atoms with Gasteiger partial charge in [0.05, 0.1) is 10.9 Å². The number of sulfone groups is 1. The van der Waals surface area contributed by atoms with E-state index in [2.05, 4.69) is 5.32 Å². The highest BCUT2D eigenvalue weighted by Crippen LogP contribution is 2.26. The highest BCUT2D eigenvalue weighted by molar-refractivity contribution is 7.91. The van der Waals surface area contributed by atoms with Gasteiger partial charge in [0.1, 0.15) is 5.82 Å². The summed E-state index contributed by atoms with van der Waals surface area (Å²) in [5.74, 6) is -4.32. The van der Waals surface area contributed by atoms with Gasteiger partial charge in [-0.1, -0.05) is 12.1 Å². The number of nitrogens with one attached hydrogen (secondary N) is 1. The van der Waals surface area contributed by atoms with Crippen molar-refractivity contribution in [1.82, 2.24) is 10.2 Å². The fraction of sp³-hybridized carbons (Fsp3) is 0.278. The van der Waals surface area contributed by atoms with Gasteiger partial charge in [-0.25, -0.2) is 12.8 Å². The molecule has 1 aliphatic rings. The van der Waals surface area contributed by atoms with E-state index >= 15 is 0 Å². The molecule has 1 saturated heterocycles. The molecule has 0 radical (unpaired) electrons. The van der Waals surface area contributed by atoms with Gasteiger partial charge in [0.2, 0.25) is 9.84 Å². The van der Waals surface area contributed by atoms with Gasteiger partial charge >= 0.3 is 5.76 Å². The Kier molecular flexibility index (Phi) is 5.52. The predicted octanol–water partition coefficient (Wildman–Crippen LogP) is 2.61. The average Bonchev–Trinajstić information content (AvgIpc) is 2.67. The first-order chi connectivity index (χ1) is 12.8. The van der Waals surface area contributed by atoms with E-state index in [0.29, 0.717) is 25.2 Å². The van der Waals surface area contributed by atoms with Gasteiger partial charge in [0.15, 0.2) is 0 Å². The van der Waals surface area contributed by atoms with Crippen molar-refractivity contribution >= 4 is 15.7 Å². The van der Waals surface area contributed by atoms with Crippen molar-refractivity contribution in [1.29, 1.82) is 0 Å². The summed E-state index contributed by atoms with van der Waals surface area (Å²) in [5, 5.41) is 3.15. The molecule has 1 heterocycles. The van der Waals surface area contributed by atoms with E-state index in [1.807, 2.05) is 0 Å². The Hall–Kier alpha value is -2.39. The number of hydrogen-bond donors (Lipinski definition) is 1. The van der Waals surface area contributed by atoms with Crippen LogP contribution in [-0.2, 0) is 9.84 Å². The minimum absolute atomic E-state index is 0.173. The Labute approximate surface area is 154 Å². The molecule has 1 amide bonds. The van der Waals surface area contributed by atoms with Crippen LogP contribution >= 0.6 is 0 Å². The second-order valence-corrected chi connectivity index (χ2v) is 8.02. The third kappa shape index (κ3) is 3.98.